The SMILES string of the molecule is CC(C)C(CN(C)C)NC(=O)NCC(O)C(=O)O. The second kappa shape index (κ2) is 7.88. The molecule has 106 valence electrons. The highest BCUT2D eigenvalue weighted by molar-refractivity contribution is 5.76. The minimum Gasteiger partial charge on any atom is -0.479 e. The van der Waals surface area contributed by atoms with Crippen LogP contribution in [0.2, 0.25) is 0 Å². The molecule has 7 nitrogen and oxygen atoms in total. The molecule has 0 radical (unpaired) electrons. The second-order valence-electron chi connectivity index (χ2n) is 4.82. The number of aliphatic hydroxyl groups excluding tert-OH is 1. The van der Waals surface area contributed by atoms with E-state index in [-0.39, 0.29) is 18.5 Å². The lowest BCUT2D eigenvalue weighted by molar-refractivity contribution is -0.146. The average molecular weight is 261 g/mol. The van der Waals surface area contributed by atoms with Gasteiger partial charge in [0.2, 0.25) is 0 Å². The van der Waals surface area contributed by atoms with Crippen LogP contribution in [0.5, 0.6) is 0 Å². The molecule has 18 heavy (non-hydrogen) atoms. The van der Waals surface area contributed by atoms with Crippen LogP contribution in [0.4, 0.5) is 4.79 Å². The monoisotopic (exact) mass is 261 g/mol. The van der Waals surface area contributed by atoms with Crippen LogP contribution >= 0.6 is 0 Å². The molecule has 0 bridgehead atoms. The third kappa shape index (κ3) is 7.08. The Morgan fingerprint density at radius 2 is 1.83 bits per heavy atom. The lowest BCUT2D eigenvalue weighted by Crippen LogP contribution is -2.50. The molecule has 0 aromatic rings. The maximum absolute atomic E-state index is 11.5. The van der Waals surface area contributed by atoms with Crippen molar-refractivity contribution in [3.63, 3.8) is 0 Å². The normalized spacial score (nSPS) is 14.4. The van der Waals surface area contributed by atoms with Gasteiger partial charge in [-0.1, -0.05) is 13.8 Å². The van der Waals surface area contributed by atoms with Gasteiger partial charge in [0, 0.05) is 12.6 Å². The third-order valence-corrected chi connectivity index (χ3v) is 2.42. The van der Waals surface area contributed by atoms with Crippen molar-refractivity contribution in [3.8, 4) is 0 Å². The number of carboxylic acid groups (broad SMARTS) is 1. The summed E-state index contributed by atoms with van der Waals surface area (Å²) in [6, 6.07) is -0.516. The van der Waals surface area contributed by atoms with E-state index in [1.807, 2.05) is 32.8 Å². The molecule has 2 unspecified atom stereocenters. The summed E-state index contributed by atoms with van der Waals surface area (Å²) in [5, 5.41) is 22.5. The van der Waals surface area contributed by atoms with Crippen molar-refractivity contribution in [1.29, 1.82) is 0 Å². The Balaban J connectivity index is 4.14. The number of rotatable bonds is 7. The number of amides is 2. The van der Waals surface area contributed by atoms with Crippen LogP contribution in [0.25, 0.3) is 0 Å². The predicted octanol–water partition coefficient (Wildman–Crippen LogP) is -0.683. The highest BCUT2D eigenvalue weighted by atomic mass is 16.4. The predicted molar refractivity (Wildman–Crippen MR) is 67.4 cm³/mol. The maximum Gasteiger partial charge on any atom is 0.334 e. The third-order valence-electron chi connectivity index (χ3n) is 2.42. The zero-order chi connectivity index (χ0) is 14.3. The van der Waals surface area contributed by atoms with Crippen molar-refractivity contribution in [2.75, 3.05) is 27.2 Å². The van der Waals surface area contributed by atoms with E-state index >= 15 is 0 Å². The largest absolute Gasteiger partial charge is 0.479 e. The number of hydrogen-bond donors (Lipinski definition) is 4. The lowest BCUT2D eigenvalue weighted by Gasteiger charge is -2.25. The summed E-state index contributed by atoms with van der Waals surface area (Å²) in [5.41, 5.74) is 0. The molecule has 0 aliphatic rings. The van der Waals surface area contributed by atoms with E-state index in [1.54, 1.807) is 0 Å². The first-order valence-corrected chi connectivity index (χ1v) is 5.84. The van der Waals surface area contributed by atoms with Gasteiger partial charge < -0.3 is 25.7 Å². The highest BCUT2D eigenvalue weighted by Crippen LogP contribution is 2.02. The van der Waals surface area contributed by atoms with Gasteiger partial charge in [-0.05, 0) is 20.0 Å². The summed E-state index contributed by atoms with van der Waals surface area (Å²) in [5.74, 6) is -1.11. The Labute approximate surface area is 107 Å². The van der Waals surface area contributed by atoms with E-state index in [0.717, 1.165) is 0 Å². The van der Waals surface area contributed by atoms with Gasteiger partial charge in [-0.15, -0.1) is 0 Å². The molecule has 0 aliphatic carbocycles. The van der Waals surface area contributed by atoms with Crippen LogP contribution in [0.15, 0.2) is 0 Å². The Morgan fingerprint density at radius 3 is 2.22 bits per heavy atom. The summed E-state index contributed by atoms with van der Waals surface area (Å²) in [6.07, 6.45) is -1.58. The molecule has 0 aromatic heterocycles. The summed E-state index contributed by atoms with van der Waals surface area (Å²) < 4.78 is 0. The minimum absolute atomic E-state index is 0.0398. The van der Waals surface area contributed by atoms with Gasteiger partial charge >= 0.3 is 12.0 Å². The fourth-order valence-corrected chi connectivity index (χ4v) is 1.31. The van der Waals surface area contributed by atoms with E-state index in [1.165, 1.54) is 0 Å². The first-order valence-electron chi connectivity index (χ1n) is 5.84. The van der Waals surface area contributed by atoms with E-state index in [9.17, 15) is 9.59 Å². The van der Waals surface area contributed by atoms with Crippen molar-refractivity contribution in [1.82, 2.24) is 15.5 Å². The minimum atomic E-state index is -1.58. The average Bonchev–Trinajstić information content (AvgIpc) is 2.23. The number of aliphatic carboxylic acids is 1. The molecule has 0 aliphatic heterocycles. The van der Waals surface area contributed by atoms with Crippen LogP contribution in [0.3, 0.4) is 0 Å². The van der Waals surface area contributed by atoms with Crippen molar-refractivity contribution in [3.05, 3.63) is 0 Å². The molecule has 2 atom stereocenters. The molecule has 7 heteroatoms. The summed E-state index contributed by atoms with van der Waals surface area (Å²) in [4.78, 5) is 23.8. The van der Waals surface area contributed by atoms with Crippen molar-refractivity contribution in [2.24, 2.45) is 5.92 Å². The van der Waals surface area contributed by atoms with Crippen LogP contribution < -0.4 is 10.6 Å². The molecule has 0 rings (SSSR count). The van der Waals surface area contributed by atoms with Crippen LogP contribution in [0, 0.1) is 5.92 Å². The summed E-state index contributed by atoms with van der Waals surface area (Å²) in [6.45, 7) is 4.35. The molecular formula is C11H23N3O4. The highest BCUT2D eigenvalue weighted by Gasteiger charge is 2.18. The van der Waals surface area contributed by atoms with Gasteiger partial charge in [0.25, 0.3) is 0 Å². The Kier molecular flexibility index (Phi) is 7.30. The number of aliphatic hydroxyl groups is 1. The Morgan fingerprint density at radius 1 is 1.28 bits per heavy atom. The van der Waals surface area contributed by atoms with Gasteiger partial charge in [-0.2, -0.15) is 0 Å². The second-order valence-corrected chi connectivity index (χ2v) is 4.82. The number of hydrogen-bond acceptors (Lipinski definition) is 4. The van der Waals surface area contributed by atoms with E-state index < -0.39 is 18.1 Å². The lowest BCUT2D eigenvalue weighted by atomic mass is 10.0. The first kappa shape index (κ1) is 16.7. The smallest absolute Gasteiger partial charge is 0.334 e. The van der Waals surface area contributed by atoms with Crippen LogP contribution in [-0.2, 0) is 4.79 Å². The van der Waals surface area contributed by atoms with Gasteiger partial charge in [0.15, 0.2) is 6.10 Å². The number of carbonyl (C=O) groups excluding carboxylic acids is 1. The molecule has 0 heterocycles. The van der Waals surface area contributed by atoms with Gasteiger partial charge in [0.1, 0.15) is 0 Å². The number of carbonyl (C=O) groups is 2. The molecule has 0 aromatic carbocycles. The molecular weight excluding hydrogens is 238 g/mol. The quantitative estimate of drug-likeness (QED) is 0.486. The number of nitrogens with one attached hydrogen (secondary N) is 2. The van der Waals surface area contributed by atoms with Gasteiger partial charge in [-0.3, -0.25) is 0 Å². The first-order chi connectivity index (χ1) is 8.23. The molecule has 4 N–H and O–H groups in total. The standard InChI is InChI=1S/C11H23N3O4/c1-7(2)8(6-14(3)4)13-11(18)12-5-9(15)10(16)17/h7-9,15H,5-6H2,1-4H3,(H,16,17)(H2,12,13,18). The fraction of sp³-hybridized carbons (Fsp3) is 0.818. The van der Waals surface area contributed by atoms with E-state index in [2.05, 4.69) is 10.6 Å². The van der Waals surface area contributed by atoms with Crippen LogP contribution in [-0.4, -0.2) is 66.4 Å². The maximum atomic E-state index is 11.5. The van der Waals surface area contributed by atoms with Crippen LogP contribution in [0.1, 0.15) is 13.8 Å². The van der Waals surface area contributed by atoms with Crippen molar-refractivity contribution in [2.45, 2.75) is 26.0 Å². The summed E-state index contributed by atoms with van der Waals surface area (Å²) in [7, 11) is 3.81. The van der Waals surface area contributed by atoms with E-state index in [0.29, 0.717) is 6.54 Å². The summed E-state index contributed by atoms with van der Waals surface area (Å²) >= 11 is 0. The molecule has 0 saturated heterocycles. The van der Waals surface area contributed by atoms with Crippen molar-refractivity contribution < 1.29 is 19.8 Å². The van der Waals surface area contributed by atoms with Gasteiger partial charge in [-0.25, -0.2) is 9.59 Å². The van der Waals surface area contributed by atoms with Gasteiger partial charge in [0.05, 0.1) is 6.54 Å². The number of urea groups is 1. The zero-order valence-electron chi connectivity index (χ0n) is 11.3. The number of likely N-dealkylation sites (N-methyl/N-ethyl adjacent to an activating group) is 1. The molecule has 2 amide bonds. The molecule has 0 spiro atoms. The topological polar surface area (TPSA) is 102 Å². The molecule has 0 fully saturated rings. The molecule has 0 saturated carbocycles. The van der Waals surface area contributed by atoms with Crippen molar-refractivity contribution >= 4 is 12.0 Å². The van der Waals surface area contributed by atoms with E-state index in [4.69, 9.17) is 10.2 Å². The zero-order valence-corrected chi connectivity index (χ0v) is 11.3. The Hall–Kier alpha value is -1.34. The Bertz CT molecular complexity index is 281. The number of nitrogens with zero attached hydrogens (tertiary/aromatic N) is 1. The number of carboxylic acids is 1. The fourth-order valence-electron chi connectivity index (χ4n) is 1.31.